The van der Waals surface area contributed by atoms with Gasteiger partial charge in [-0.1, -0.05) is 77.4 Å². The van der Waals surface area contributed by atoms with E-state index in [4.69, 9.17) is 21.2 Å². The Morgan fingerprint density at radius 3 is 2.51 bits per heavy atom. The maximum atomic E-state index is 6.38. The molecule has 1 aliphatic rings. The topological polar surface area (TPSA) is 51.9 Å². The lowest BCUT2D eigenvalue weighted by Crippen LogP contribution is -2.24. The smallest absolute Gasteiger partial charge is 0.227 e. The van der Waals surface area contributed by atoms with E-state index in [9.17, 15) is 0 Å². The molecule has 7 heteroatoms. The van der Waals surface area contributed by atoms with Crippen LogP contribution in [0.1, 0.15) is 23.0 Å². The van der Waals surface area contributed by atoms with E-state index in [-0.39, 0.29) is 6.23 Å². The number of methoxy groups -OCH3 is 1. The van der Waals surface area contributed by atoms with E-state index in [1.807, 2.05) is 73.5 Å². The molecular weight excluding hydrogens is 460 g/mol. The average molecular weight is 485 g/mol. The summed E-state index contributed by atoms with van der Waals surface area (Å²) in [7, 11) is 3.62. The van der Waals surface area contributed by atoms with Gasteiger partial charge < -0.3 is 14.5 Å². The van der Waals surface area contributed by atoms with E-state index in [0.717, 1.165) is 33.9 Å². The number of hydrogen-bond acceptors (Lipinski definition) is 5. The first-order valence-corrected chi connectivity index (χ1v) is 11.6. The van der Waals surface area contributed by atoms with Crippen molar-refractivity contribution >= 4 is 23.5 Å². The van der Waals surface area contributed by atoms with Crippen molar-refractivity contribution in [3.63, 3.8) is 0 Å². The van der Waals surface area contributed by atoms with Crippen LogP contribution in [0.4, 0.5) is 0 Å². The van der Waals surface area contributed by atoms with Gasteiger partial charge in [-0.3, -0.25) is 4.57 Å². The second kappa shape index (κ2) is 9.68. The number of nitrogens with zero attached hydrogens (tertiary/aromatic N) is 4. The highest BCUT2D eigenvalue weighted by Crippen LogP contribution is 2.31. The van der Waals surface area contributed by atoms with Crippen LogP contribution in [-0.2, 0) is 4.84 Å². The molecule has 0 aliphatic carbocycles. The summed E-state index contributed by atoms with van der Waals surface area (Å²) < 4.78 is 7.42. The fraction of sp³-hybridized carbons (Fsp3) is 0.143. The third-order valence-electron chi connectivity index (χ3n) is 6.00. The van der Waals surface area contributed by atoms with Gasteiger partial charge in [0.2, 0.25) is 6.23 Å². The lowest BCUT2D eigenvalue weighted by Gasteiger charge is -2.20. The number of benzene rings is 3. The van der Waals surface area contributed by atoms with Gasteiger partial charge in [-0.25, -0.2) is 4.98 Å². The normalized spacial score (nSPS) is 15.4. The molecule has 5 rings (SSSR count). The summed E-state index contributed by atoms with van der Waals surface area (Å²) in [5, 5.41) is 4.87. The van der Waals surface area contributed by atoms with Gasteiger partial charge in [-0.15, -0.1) is 0 Å². The third kappa shape index (κ3) is 4.53. The Morgan fingerprint density at radius 2 is 1.77 bits per heavy atom. The summed E-state index contributed by atoms with van der Waals surface area (Å²) in [6.45, 7) is 1.87. The number of likely N-dealkylation sites (N-methyl/N-ethyl adjacent to an activating group) is 1. The highest BCUT2D eigenvalue weighted by atomic mass is 35.5. The predicted octanol–water partition coefficient (Wildman–Crippen LogP) is 6.50. The van der Waals surface area contributed by atoms with Gasteiger partial charge in [0.15, 0.2) is 5.84 Å². The molecule has 0 N–H and O–H groups in total. The number of imidazole rings is 1. The first-order chi connectivity index (χ1) is 17.0. The monoisotopic (exact) mass is 484 g/mol. The molecule has 1 unspecified atom stereocenters. The number of rotatable bonds is 6. The largest absolute Gasteiger partial charge is 0.495 e. The quantitative estimate of drug-likeness (QED) is 0.313. The van der Waals surface area contributed by atoms with Gasteiger partial charge in [0.25, 0.3) is 0 Å². The van der Waals surface area contributed by atoms with Crippen molar-refractivity contribution in [2.24, 2.45) is 5.16 Å². The first kappa shape index (κ1) is 22.7. The van der Waals surface area contributed by atoms with E-state index >= 15 is 0 Å². The lowest BCUT2D eigenvalue weighted by atomic mass is 10.0. The fourth-order valence-electron chi connectivity index (χ4n) is 4.05. The van der Waals surface area contributed by atoms with Crippen molar-refractivity contribution in [2.75, 3.05) is 14.2 Å². The molecule has 0 spiro atoms. The van der Waals surface area contributed by atoms with Crippen LogP contribution >= 0.6 is 11.6 Å². The lowest BCUT2D eigenvalue weighted by molar-refractivity contribution is 0.0191. The first-order valence-electron chi connectivity index (χ1n) is 11.2. The number of oxime groups is 1. The van der Waals surface area contributed by atoms with Crippen molar-refractivity contribution in [1.82, 2.24) is 14.5 Å². The molecule has 35 heavy (non-hydrogen) atoms. The molecule has 1 aliphatic heterocycles. The minimum Gasteiger partial charge on any atom is -0.495 e. The van der Waals surface area contributed by atoms with E-state index < -0.39 is 0 Å². The molecule has 2 heterocycles. The molecule has 6 nitrogen and oxygen atoms in total. The minimum absolute atomic E-state index is 0.290. The van der Waals surface area contributed by atoms with E-state index in [1.54, 1.807) is 18.0 Å². The Balaban J connectivity index is 1.33. The van der Waals surface area contributed by atoms with Gasteiger partial charge in [-0.05, 0) is 47.9 Å². The van der Waals surface area contributed by atoms with Gasteiger partial charge in [0.1, 0.15) is 17.2 Å². The molecule has 0 saturated carbocycles. The fourth-order valence-corrected chi connectivity index (χ4v) is 4.24. The van der Waals surface area contributed by atoms with Crippen LogP contribution in [0.3, 0.4) is 0 Å². The summed E-state index contributed by atoms with van der Waals surface area (Å²) in [5.74, 6) is 1.43. The molecule has 0 saturated heterocycles. The standard InChI is InChI=1S/C28H25ClN4O2/c1-19-27(29)33(18-30-19)24-14-12-20(16-25(24)34-3)13-15-26-31-35-28(32(26)2)23-11-7-10-22(17-23)21-8-5-4-6-9-21/h4-18,28H,1-3H3/b15-13+. The van der Waals surface area contributed by atoms with Crippen molar-refractivity contribution in [3.8, 4) is 22.6 Å². The molecule has 3 aromatic carbocycles. The van der Waals surface area contributed by atoms with Crippen molar-refractivity contribution in [2.45, 2.75) is 13.2 Å². The molecule has 176 valence electrons. The summed E-state index contributed by atoms with van der Waals surface area (Å²) in [6, 6.07) is 24.6. The van der Waals surface area contributed by atoms with Crippen LogP contribution in [-0.4, -0.2) is 34.4 Å². The van der Waals surface area contributed by atoms with Crippen molar-refractivity contribution in [1.29, 1.82) is 0 Å². The van der Waals surface area contributed by atoms with Crippen LogP contribution in [0, 0.1) is 6.92 Å². The zero-order chi connectivity index (χ0) is 24.4. The van der Waals surface area contributed by atoms with Crippen molar-refractivity contribution in [3.05, 3.63) is 107 Å². The molecule has 0 amide bonds. The molecule has 1 atom stereocenters. The van der Waals surface area contributed by atoms with Gasteiger partial charge in [0.05, 0.1) is 18.5 Å². The maximum Gasteiger partial charge on any atom is 0.227 e. The number of aromatic nitrogens is 2. The molecule has 0 bridgehead atoms. The Bertz CT molecular complexity index is 1410. The van der Waals surface area contributed by atoms with Crippen LogP contribution in [0.2, 0.25) is 5.15 Å². The Kier molecular flexibility index (Phi) is 6.29. The summed E-state index contributed by atoms with van der Waals surface area (Å²) in [4.78, 5) is 12.1. The molecular formula is C28H25ClN4O2. The van der Waals surface area contributed by atoms with Gasteiger partial charge >= 0.3 is 0 Å². The SMILES string of the molecule is COc1cc(/C=C/C2=NOC(c3cccc(-c4ccccc4)c3)N2C)ccc1-n1cnc(C)c1Cl. The van der Waals surface area contributed by atoms with Gasteiger partial charge in [-0.2, -0.15) is 0 Å². The van der Waals surface area contributed by atoms with Crippen molar-refractivity contribution < 1.29 is 9.57 Å². The van der Waals surface area contributed by atoms with Gasteiger partial charge in [0, 0.05) is 12.6 Å². The van der Waals surface area contributed by atoms with Crippen LogP contribution in [0.15, 0.2) is 90.4 Å². The molecule has 4 aromatic rings. The molecule has 1 aromatic heterocycles. The zero-order valence-corrected chi connectivity index (χ0v) is 20.5. The maximum absolute atomic E-state index is 6.38. The van der Waals surface area contributed by atoms with E-state index in [1.165, 1.54) is 5.56 Å². The highest BCUT2D eigenvalue weighted by Gasteiger charge is 2.27. The second-order valence-corrected chi connectivity index (χ2v) is 8.62. The number of aryl methyl sites for hydroxylation is 1. The van der Waals surface area contributed by atoms with E-state index in [2.05, 4.69) is 40.5 Å². The van der Waals surface area contributed by atoms with E-state index in [0.29, 0.717) is 10.9 Å². The summed E-state index contributed by atoms with van der Waals surface area (Å²) in [6.07, 6.45) is 5.32. The number of ether oxygens (including phenoxy) is 1. The average Bonchev–Trinajstić information content (AvgIpc) is 3.44. The minimum atomic E-state index is -0.290. The number of halogens is 1. The summed E-state index contributed by atoms with van der Waals surface area (Å²) >= 11 is 6.38. The molecule has 0 fully saturated rings. The van der Waals surface area contributed by atoms with Crippen LogP contribution < -0.4 is 4.74 Å². The second-order valence-electron chi connectivity index (χ2n) is 8.27. The Labute approximate surface area is 209 Å². The van der Waals surface area contributed by atoms with Crippen LogP contribution in [0.5, 0.6) is 5.75 Å². The number of hydrogen-bond donors (Lipinski definition) is 0. The van der Waals surface area contributed by atoms with Crippen LogP contribution in [0.25, 0.3) is 22.9 Å². The predicted molar refractivity (Wildman–Crippen MR) is 140 cm³/mol. The Hall–Kier alpha value is -4.03. The highest BCUT2D eigenvalue weighted by molar-refractivity contribution is 6.30. The molecule has 0 radical (unpaired) electrons. The summed E-state index contributed by atoms with van der Waals surface area (Å²) in [5.41, 5.74) is 5.91. The third-order valence-corrected chi connectivity index (χ3v) is 6.46. The Morgan fingerprint density at radius 1 is 0.971 bits per heavy atom. The number of amidine groups is 1. The zero-order valence-electron chi connectivity index (χ0n) is 19.7.